The highest BCUT2D eigenvalue weighted by atomic mass is 31.2. The molecule has 2 aliphatic rings. The summed E-state index contributed by atoms with van der Waals surface area (Å²) < 4.78 is 44.3. The first-order valence-electron chi connectivity index (χ1n) is 6.99. The quantitative estimate of drug-likeness (QED) is 0.702. The molecule has 4 unspecified atom stereocenters. The van der Waals surface area contributed by atoms with Gasteiger partial charge in [0.1, 0.15) is 12.2 Å². The SMILES string of the molecule is CCOP(=O)(COC1OC2OC(C)(C)OC2C1O)OCC. The minimum absolute atomic E-state index is 0.236. The number of hydrogen-bond donors (Lipinski definition) is 1. The Kier molecular flexibility index (Phi) is 5.44. The third-order valence-corrected chi connectivity index (χ3v) is 4.79. The van der Waals surface area contributed by atoms with E-state index >= 15 is 0 Å². The van der Waals surface area contributed by atoms with Crippen LogP contribution in [0.4, 0.5) is 0 Å². The highest BCUT2D eigenvalue weighted by Crippen LogP contribution is 2.49. The predicted octanol–water partition coefficient (Wildman–Crippen LogP) is 1.42. The second-order valence-electron chi connectivity index (χ2n) is 5.21. The Morgan fingerprint density at radius 3 is 2.33 bits per heavy atom. The molecule has 0 saturated carbocycles. The molecule has 2 fully saturated rings. The average Bonchev–Trinajstić information content (AvgIpc) is 2.82. The maximum absolute atomic E-state index is 12.3. The van der Waals surface area contributed by atoms with Gasteiger partial charge in [-0.15, -0.1) is 0 Å². The van der Waals surface area contributed by atoms with E-state index in [4.69, 9.17) is 28.0 Å². The van der Waals surface area contributed by atoms with Crippen molar-refractivity contribution >= 4 is 7.60 Å². The van der Waals surface area contributed by atoms with E-state index < -0.39 is 38.2 Å². The molecule has 0 radical (unpaired) electrons. The number of ether oxygens (including phenoxy) is 4. The van der Waals surface area contributed by atoms with E-state index in [1.54, 1.807) is 27.7 Å². The summed E-state index contributed by atoms with van der Waals surface area (Å²) in [6, 6.07) is 0. The molecule has 0 aliphatic carbocycles. The molecule has 0 aromatic carbocycles. The van der Waals surface area contributed by atoms with Gasteiger partial charge in [-0.1, -0.05) is 0 Å². The first-order valence-corrected chi connectivity index (χ1v) is 8.72. The topological polar surface area (TPSA) is 92.7 Å². The molecule has 0 spiro atoms. The lowest BCUT2D eigenvalue weighted by molar-refractivity contribution is -0.258. The summed E-state index contributed by atoms with van der Waals surface area (Å²) in [6.45, 7) is 7.35. The minimum Gasteiger partial charge on any atom is -0.385 e. The zero-order valence-corrected chi connectivity index (χ0v) is 13.6. The predicted molar refractivity (Wildman–Crippen MR) is 71.5 cm³/mol. The zero-order valence-electron chi connectivity index (χ0n) is 12.7. The van der Waals surface area contributed by atoms with Gasteiger partial charge in [0.25, 0.3) is 0 Å². The molecular formula is C12H23O8P. The number of rotatable bonds is 7. The third kappa shape index (κ3) is 4.03. The summed E-state index contributed by atoms with van der Waals surface area (Å²) >= 11 is 0. The largest absolute Gasteiger partial charge is 0.385 e. The van der Waals surface area contributed by atoms with Crippen molar-refractivity contribution in [3.05, 3.63) is 0 Å². The highest BCUT2D eigenvalue weighted by Gasteiger charge is 2.55. The van der Waals surface area contributed by atoms with Crippen molar-refractivity contribution in [2.24, 2.45) is 0 Å². The summed E-state index contributed by atoms with van der Waals surface area (Å²) in [5.74, 6) is -0.812. The Hall–Kier alpha value is -0.0500. The maximum Gasteiger partial charge on any atom is 0.356 e. The highest BCUT2D eigenvalue weighted by molar-refractivity contribution is 7.53. The molecule has 124 valence electrons. The molecule has 9 heteroatoms. The molecule has 0 aromatic rings. The van der Waals surface area contributed by atoms with Gasteiger partial charge in [-0.25, -0.2) is 0 Å². The van der Waals surface area contributed by atoms with Crippen LogP contribution in [-0.2, 0) is 32.6 Å². The summed E-state index contributed by atoms with van der Waals surface area (Å²) in [5.41, 5.74) is 0. The van der Waals surface area contributed by atoms with Crippen molar-refractivity contribution < 1.29 is 37.7 Å². The minimum atomic E-state index is -3.35. The first-order chi connectivity index (χ1) is 9.80. The van der Waals surface area contributed by atoms with Crippen LogP contribution in [0.3, 0.4) is 0 Å². The number of aliphatic hydroxyl groups is 1. The summed E-state index contributed by atoms with van der Waals surface area (Å²) in [5, 5.41) is 10.1. The van der Waals surface area contributed by atoms with Crippen LogP contribution in [0.2, 0.25) is 0 Å². The fraction of sp³-hybridized carbons (Fsp3) is 1.00. The second kappa shape index (κ2) is 6.60. The molecule has 0 aromatic heterocycles. The first kappa shape index (κ1) is 17.3. The van der Waals surface area contributed by atoms with Gasteiger partial charge in [-0.05, 0) is 27.7 Å². The Morgan fingerprint density at radius 2 is 1.81 bits per heavy atom. The van der Waals surface area contributed by atoms with E-state index in [0.717, 1.165) is 0 Å². The number of fused-ring (bicyclic) bond motifs is 1. The van der Waals surface area contributed by atoms with Crippen molar-refractivity contribution in [1.82, 2.24) is 0 Å². The van der Waals surface area contributed by atoms with Gasteiger partial charge in [0.05, 0.1) is 13.2 Å². The Morgan fingerprint density at radius 1 is 1.19 bits per heavy atom. The average molecular weight is 326 g/mol. The summed E-state index contributed by atoms with van der Waals surface area (Å²) in [4.78, 5) is 0. The standard InChI is InChI=1S/C12H23O8P/c1-5-16-21(14,17-6-2)7-15-10-8(13)9-11(18-10)20-12(3,4)19-9/h8-11,13H,5-7H2,1-4H3. The zero-order chi connectivity index (χ0) is 15.7. The van der Waals surface area contributed by atoms with Crippen LogP contribution in [0.5, 0.6) is 0 Å². The molecule has 0 amide bonds. The van der Waals surface area contributed by atoms with Crippen LogP contribution >= 0.6 is 7.60 Å². The fourth-order valence-corrected chi connectivity index (χ4v) is 3.61. The van der Waals surface area contributed by atoms with Crippen molar-refractivity contribution in [2.75, 3.05) is 19.6 Å². The molecule has 1 N–H and O–H groups in total. The molecule has 4 atom stereocenters. The van der Waals surface area contributed by atoms with Gasteiger partial charge in [-0.3, -0.25) is 4.57 Å². The van der Waals surface area contributed by atoms with Crippen LogP contribution in [-0.4, -0.2) is 55.2 Å². The van der Waals surface area contributed by atoms with Crippen LogP contribution < -0.4 is 0 Å². The molecule has 2 rings (SSSR count). The smallest absolute Gasteiger partial charge is 0.356 e. The van der Waals surface area contributed by atoms with E-state index in [1.165, 1.54) is 0 Å². The lowest BCUT2D eigenvalue weighted by atomic mass is 10.2. The Labute approximate surface area is 124 Å². The lowest BCUT2D eigenvalue weighted by Gasteiger charge is -2.24. The molecule has 8 nitrogen and oxygen atoms in total. The van der Waals surface area contributed by atoms with Crippen LogP contribution in [0, 0.1) is 0 Å². The van der Waals surface area contributed by atoms with Gasteiger partial charge in [0, 0.05) is 0 Å². The van der Waals surface area contributed by atoms with Crippen molar-refractivity contribution in [3.8, 4) is 0 Å². The van der Waals surface area contributed by atoms with Gasteiger partial charge in [0.2, 0.25) is 0 Å². The molecule has 21 heavy (non-hydrogen) atoms. The van der Waals surface area contributed by atoms with Crippen molar-refractivity contribution in [1.29, 1.82) is 0 Å². The van der Waals surface area contributed by atoms with Crippen molar-refractivity contribution in [3.63, 3.8) is 0 Å². The lowest BCUT2D eigenvalue weighted by Crippen LogP contribution is -2.36. The molecule has 2 heterocycles. The van der Waals surface area contributed by atoms with E-state index in [0.29, 0.717) is 0 Å². The summed E-state index contributed by atoms with van der Waals surface area (Å²) in [7, 11) is -3.35. The monoisotopic (exact) mass is 326 g/mol. The Balaban J connectivity index is 1.89. The van der Waals surface area contributed by atoms with Crippen LogP contribution in [0.1, 0.15) is 27.7 Å². The maximum atomic E-state index is 12.3. The molecule has 2 aliphatic heterocycles. The number of hydrogen-bond acceptors (Lipinski definition) is 8. The van der Waals surface area contributed by atoms with Gasteiger partial charge >= 0.3 is 7.60 Å². The van der Waals surface area contributed by atoms with Crippen LogP contribution in [0.25, 0.3) is 0 Å². The fourth-order valence-electron chi connectivity index (χ4n) is 2.27. The normalized spacial score (nSPS) is 35.1. The Bertz CT molecular complexity index is 391. The van der Waals surface area contributed by atoms with Gasteiger partial charge in [-0.2, -0.15) is 0 Å². The summed E-state index contributed by atoms with van der Waals surface area (Å²) in [6.07, 6.45) is -3.68. The van der Waals surface area contributed by atoms with E-state index in [-0.39, 0.29) is 19.6 Å². The number of aliphatic hydroxyl groups excluding tert-OH is 1. The third-order valence-electron chi connectivity index (χ3n) is 3.02. The van der Waals surface area contributed by atoms with E-state index in [9.17, 15) is 9.67 Å². The second-order valence-corrected chi connectivity index (χ2v) is 7.20. The molecular weight excluding hydrogens is 303 g/mol. The van der Waals surface area contributed by atoms with E-state index in [2.05, 4.69) is 0 Å². The molecule has 0 bridgehead atoms. The van der Waals surface area contributed by atoms with Crippen LogP contribution in [0.15, 0.2) is 0 Å². The van der Waals surface area contributed by atoms with Crippen molar-refractivity contribution in [2.45, 2.75) is 58.3 Å². The molecule has 2 saturated heterocycles. The van der Waals surface area contributed by atoms with Gasteiger partial charge in [0.15, 0.2) is 24.7 Å². The van der Waals surface area contributed by atoms with Gasteiger partial charge < -0.3 is 33.1 Å². The van der Waals surface area contributed by atoms with E-state index in [1.807, 2.05) is 0 Å².